The van der Waals surface area contributed by atoms with Gasteiger partial charge in [-0.2, -0.15) is 0 Å². The quantitative estimate of drug-likeness (QED) is 0.349. The molecule has 2 N–H and O–H groups in total. The number of imide groups is 1. The number of carbonyl (C=O) groups is 3. The zero-order chi connectivity index (χ0) is 7.72. The number of hydrogen-bond donors (Lipinski definition) is 2. The Kier molecular flexibility index (Phi) is 1.26. The fourth-order valence-corrected chi connectivity index (χ4v) is 0.571. The van der Waals surface area contributed by atoms with Gasteiger partial charge in [0, 0.05) is 6.08 Å². The molecule has 1 aliphatic heterocycles. The number of carboxylic acids is 1. The summed E-state index contributed by atoms with van der Waals surface area (Å²) < 4.78 is 0. The van der Waals surface area contributed by atoms with Crippen molar-refractivity contribution in [2.75, 3.05) is 0 Å². The normalized spacial score (nSPS) is 16.6. The molecule has 1 heterocycles. The van der Waals surface area contributed by atoms with Crippen molar-refractivity contribution in [3.05, 3.63) is 11.6 Å². The highest BCUT2D eigenvalue weighted by Crippen LogP contribution is 2.00. The minimum absolute atomic E-state index is 0.509. The Morgan fingerprint density at radius 3 is 2.30 bits per heavy atom. The Bertz CT molecular complexity index is 252. The minimum atomic E-state index is -1.39. The summed E-state index contributed by atoms with van der Waals surface area (Å²) in [7, 11) is 0. The van der Waals surface area contributed by atoms with Gasteiger partial charge in [-0.25, -0.2) is 4.79 Å². The van der Waals surface area contributed by atoms with Gasteiger partial charge < -0.3 is 5.11 Å². The van der Waals surface area contributed by atoms with E-state index in [0.29, 0.717) is 0 Å². The van der Waals surface area contributed by atoms with E-state index in [-0.39, 0.29) is 0 Å². The molecule has 0 aromatic rings. The van der Waals surface area contributed by atoms with Crippen LogP contribution in [0.2, 0.25) is 0 Å². The minimum Gasteiger partial charge on any atom is -0.477 e. The van der Waals surface area contributed by atoms with Crippen molar-refractivity contribution in [3.63, 3.8) is 0 Å². The van der Waals surface area contributed by atoms with E-state index in [0.717, 1.165) is 6.08 Å². The smallest absolute Gasteiger partial charge is 0.341 e. The van der Waals surface area contributed by atoms with Gasteiger partial charge >= 0.3 is 5.97 Å². The van der Waals surface area contributed by atoms with Crippen LogP contribution in [0.3, 0.4) is 0 Å². The molecular formula is C5H3NO4. The number of carboxylic acid groups (broad SMARTS) is 1. The molecule has 0 aromatic carbocycles. The monoisotopic (exact) mass is 141 g/mol. The van der Waals surface area contributed by atoms with Crippen molar-refractivity contribution in [1.29, 1.82) is 0 Å². The van der Waals surface area contributed by atoms with E-state index in [9.17, 15) is 14.4 Å². The van der Waals surface area contributed by atoms with E-state index < -0.39 is 23.4 Å². The highest BCUT2D eigenvalue weighted by atomic mass is 16.4. The maximum absolute atomic E-state index is 10.4. The first kappa shape index (κ1) is 6.47. The Morgan fingerprint density at radius 2 is 2.10 bits per heavy atom. The number of carbonyl (C=O) groups excluding carboxylic acids is 2. The van der Waals surface area contributed by atoms with Gasteiger partial charge in [0.2, 0.25) is 0 Å². The lowest BCUT2D eigenvalue weighted by atomic mass is 10.3. The van der Waals surface area contributed by atoms with Crippen molar-refractivity contribution in [2.45, 2.75) is 0 Å². The van der Waals surface area contributed by atoms with E-state index in [4.69, 9.17) is 5.11 Å². The third kappa shape index (κ3) is 0.883. The molecule has 0 saturated carbocycles. The molecule has 0 saturated heterocycles. The molecule has 0 radical (unpaired) electrons. The third-order valence-electron chi connectivity index (χ3n) is 0.987. The van der Waals surface area contributed by atoms with Crippen LogP contribution in [0, 0.1) is 0 Å². The summed E-state index contributed by atoms with van der Waals surface area (Å²) in [4.78, 5) is 30.8. The topological polar surface area (TPSA) is 83.5 Å². The van der Waals surface area contributed by atoms with Gasteiger partial charge in [-0.15, -0.1) is 0 Å². The van der Waals surface area contributed by atoms with Crippen molar-refractivity contribution < 1.29 is 19.5 Å². The molecule has 2 amide bonds. The summed E-state index contributed by atoms with van der Waals surface area (Å²) in [5.41, 5.74) is -0.509. The molecule has 0 atom stereocenters. The van der Waals surface area contributed by atoms with E-state index in [1.165, 1.54) is 0 Å². The Balaban J connectivity index is 2.96. The first-order valence-corrected chi connectivity index (χ1v) is 2.41. The summed E-state index contributed by atoms with van der Waals surface area (Å²) in [6.45, 7) is 0. The molecule has 0 aromatic heterocycles. The zero-order valence-electron chi connectivity index (χ0n) is 4.75. The Hall–Kier alpha value is -1.65. The van der Waals surface area contributed by atoms with E-state index >= 15 is 0 Å². The molecule has 0 unspecified atom stereocenters. The average Bonchev–Trinajstić information content (AvgIpc) is 2.10. The predicted octanol–water partition coefficient (Wildman–Crippen LogP) is -1.35. The Labute approximate surface area is 55.3 Å². The molecular weight excluding hydrogens is 138 g/mol. The second-order valence-corrected chi connectivity index (χ2v) is 1.68. The lowest BCUT2D eigenvalue weighted by Crippen LogP contribution is -2.24. The van der Waals surface area contributed by atoms with Crippen LogP contribution in [-0.2, 0) is 14.4 Å². The molecule has 5 nitrogen and oxygen atoms in total. The van der Waals surface area contributed by atoms with Crippen molar-refractivity contribution in [2.24, 2.45) is 0 Å². The molecule has 1 rings (SSSR count). The van der Waals surface area contributed by atoms with Gasteiger partial charge in [-0.1, -0.05) is 0 Å². The summed E-state index contributed by atoms with van der Waals surface area (Å²) in [5, 5.41) is 10.0. The molecule has 0 spiro atoms. The van der Waals surface area contributed by atoms with E-state index in [2.05, 4.69) is 0 Å². The van der Waals surface area contributed by atoms with Gasteiger partial charge in [0.1, 0.15) is 5.57 Å². The molecule has 1 aliphatic rings. The van der Waals surface area contributed by atoms with Gasteiger partial charge in [0.15, 0.2) is 0 Å². The first-order chi connectivity index (χ1) is 4.61. The molecule has 10 heavy (non-hydrogen) atoms. The van der Waals surface area contributed by atoms with Crippen molar-refractivity contribution in [3.8, 4) is 0 Å². The average molecular weight is 141 g/mol. The van der Waals surface area contributed by atoms with Crippen molar-refractivity contribution >= 4 is 17.8 Å². The van der Waals surface area contributed by atoms with Gasteiger partial charge in [0.25, 0.3) is 11.8 Å². The van der Waals surface area contributed by atoms with Gasteiger partial charge in [0.05, 0.1) is 0 Å². The largest absolute Gasteiger partial charge is 0.477 e. The Morgan fingerprint density at radius 1 is 1.50 bits per heavy atom. The lowest BCUT2D eigenvalue weighted by Gasteiger charge is -1.87. The molecule has 5 heteroatoms. The fourth-order valence-electron chi connectivity index (χ4n) is 0.571. The summed E-state index contributed by atoms with van der Waals surface area (Å²) >= 11 is 0. The maximum atomic E-state index is 10.4. The predicted molar refractivity (Wildman–Crippen MR) is 28.9 cm³/mol. The molecule has 0 aliphatic carbocycles. The van der Waals surface area contributed by atoms with Crippen LogP contribution in [0.4, 0.5) is 0 Å². The molecule has 0 bridgehead atoms. The lowest BCUT2D eigenvalue weighted by molar-refractivity contribution is -0.134. The third-order valence-corrected chi connectivity index (χ3v) is 0.987. The summed E-state index contributed by atoms with van der Waals surface area (Å²) in [6, 6.07) is 0. The fraction of sp³-hybridized carbons (Fsp3) is 0. The summed E-state index contributed by atoms with van der Waals surface area (Å²) in [6.07, 6.45) is 0.755. The van der Waals surface area contributed by atoms with Crippen LogP contribution in [0.25, 0.3) is 0 Å². The highest BCUT2D eigenvalue weighted by molar-refractivity contribution is 6.28. The van der Waals surface area contributed by atoms with Gasteiger partial charge in [-0.05, 0) is 0 Å². The molecule has 52 valence electrons. The number of nitrogens with one attached hydrogen (secondary N) is 1. The number of hydrogen-bond acceptors (Lipinski definition) is 3. The number of aliphatic carboxylic acids is 1. The van der Waals surface area contributed by atoms with E-state index in [1.807, 2.05) is 0 Å². The van der Waals surface area contributed by atoms with E-state index in [1.54, 1.807) is 5.32 Å². The van der Waals surface area contributed by atoms with Crippen LogP contribution in [-0.4, -0.2) is 22.9 Å². The first-order valence-electron chi connectivity index (χ1n) is 2.41. The van der Waals surface area contributed by atoms with Crippen molar-refractivity contribution in [1.82, 2.24) is 5.32 Å². The standard InChI is InChI=1S/C5H3NO4/c7-3-1-2(5(9)10)4(8)6-3/h1H,(H,9,10)(H,6,7,8). The van der Waals surface area contributed by atoms with Gasteiger partial charge in [-0.3, -0.25) is 14.9 Å². The van der Waals surface area contributed by atoms with Crippen LogP contribution in [0.5, 0.6) is 0 Å². The van der Waals surface area contributed by atoms with Crippen LogP contribution in [0.1, 0.15) is 0 Å². The summed E-state index contributed by atoms with van der Waals surface area (Å²) in [5.74, 6) is -2.91. The van der Waals surface area contributed by atoms with Crippen LogP contribution in [0.15, 0.2) is 11.6 Å². The zero-order valence-corrected chi connectivity index (χ0v) is 4.75. The molecule has 0 fully saturated rings. The number of amides is 2. The van der Waals surface area contributed by atoms with Crippen LogP contribution < -0.4 is 5.32 Å². The van der Waals surface area contributed by atoms with Crippen LogP contribution >= 0.6 is 0 Å². The second kappa shape index (κ2) is 1.94. The number of rotatable bonds is 1. The second-order valence-electron chi connectivity index (χ2n) is 1.68. The maximum Gasteiger partial charge on any atom is 0.341 e. The SMILES string of the molecule is O=C1C=C(C(=O)O)C(=O)N1. The highest BCUT2D eigenvalue weighted by Gasteiger charge is 2.25.